The number of carboxylic acids is 1. The topological polar surface area (TPSA) is 66.4 Å². The minimum Gasteiger partial charge on any atom is -0.481 e. The van der Waals surface area contributed by atoms with Gasteiger partial charge in [-0.15, -0.1) is 0 Å². The minimum atomic E-state index is -1.07. The fourth-order valence-electron chi connectivity index (χ4n) is 2.15. The average molecular weight is 295 g/mol. The van der Waals surface area contributed by atoms with Gasteiger partial charge in [0.05, 0.1) is 12.5 Å². The molecule has 112 valence electrons. The second-order valence-corrected chi connectivity index (χ2v) is 4.90. The van der Waals surface area contributed by atoms with Crippen LogP contribution in [-0.4, -0.2) is 17.0 Å². The monoisotopic (exact) mass is 295 g/mol. The summed E-state index contributed by atoms with van der Waals surface area (Å²) in [5, 5.41) is 11.6. The molecule has 0 aliphatic heterocycles. The first-order valence-corrected chi connectivity index (χ1v) is 6.88. The molecule has 0 atom stereocenters. The number of hydrogen-bond donors (Lipinski definition) is 2. The van der Waals surface area contributed by atoms with Crippen LogP contribution in [-0.2, 0) is 9.59 Å². The van der Waals surface area contributed by atoms with Crippen molar-refractivity contribution in [3.05, 3.63) is 83.9 Å². The maximum Gasteiger partial charge on any atom is 0.308 e. The smallest absolute Gasteiger partial charge is 0.308 e. The Morgan fingerprint density at radius 2 is 1.41 bits per heavy atom. The van der Waals surface area contributed by atoms with Crippen LogP contribution in [0.3, 0.4) is 0 Å². The standard InChI is InChI=1S/C18H17NO3/c1-13(12-16(20)21)18(22)19-17(14-8-4-2-5-9-14)15-10-6-3-7-11-15/h2-11,17H,1,12H2,(H,19,22)(H,20,21). The molecular weight excluding hydrogens is 278 g/mol. The van der Waals surface area contributed by atoms with Crippen LogP contribution < -0.4 is 5.32 Å². The van der Waals surface area contributed by atoms with Crippen LogP contribution in [0.4, 0.5) is 0 Å². The predicted molar refractivity (Wildman–Crippen MR) is 84.3 cm³/mol. The lowest BCUT2D eigenvalue weighted by Gasteiger charge is -2.20. The van der Waals surface area contributed by atoms with Gasteiger partial charge in [0.15, 0.2) is 0 Å². The SMILES string of the molecule is C=C(CC(=O)O)C(=O)NC(c1ccccc1)c1ccccc1. The van der Waals surface area contributed by atoms with Crippen LogP contribution in [0.15, 0.2) is 72.8 Å². The molecule has 0 unspecified atom stereocenters. The van der Waals surface area contributed by atoms with Crippen LogP contribution in [0, 0.1) is 0 Å². The molecule has 0 saturated carbocycles. The highest BCUT2D eigenvalue weighted by Crippen LogP contribution is 2.22. The van der Waals surface area contributed by atoms with E-state index in [1.807, 2.05) is 60.7 Å². The van der Waals surface area contributed by atoms with E-state index in [2.05, 4.69) is 11.9 Å². The van der Waals surface area contributed by atoms with Crippen molar-refractivity contribution in [1.82, 2.24) is 5.32 Å². The van der Waals surface area contributed by atoms with E-state index >= 15 is 0 Å². The van der Waals surface area contributed by atoms with Gasteiger partial charge in [-0.1, -0.05) is 67.2 Å². The molecule has 2 aromatic carbocycles. The number of rotatable bonds is 6. The summed E-state index contributed by atoms with van der Waals surface area (Å²) >= 11 is 0. The Bertz CT molecular complexity index is 626. The summed E-state index contributed by atoms with van der Waals surface area (Å²) in [7, 11) is 0. The third-order valence-electron chi connectivity index (χ3n) is 3.23. The zero-order valence-corrected chi connectivity index (χ0v) is 12.0. The number of aliphatic carboxylic acids is 1. The van der Waals surface area contributed by atoms with Crippen LogP contribution in [0.1, 0.15) is 23.6 Å². The normalized spacial score (nSPS) is 10.2. The Hall–Kier alpha value is -2.88. The summed E-state index contributed by atoms with van der Waals surface area (Å²) in [5.74, 6) is -1.53. The summed E-state index contributed by atoms with van der Waals surface area (Å²) in [5.41, 5.74) is 1.87. The number of benzene rings is 2. The fourth-order valence-corrected chi connectivity index (χ4v) is 2.15. The molecule has 4 heteroatoms. The molecule has 2 rings (SSSR count). The van der Waals surface area contributed by atoms with Crippen LogP contribution in [0.25, 0.3) is 0 Å². The maximum atomic E-state index is 12.2. The van der Waals surface area contributed by atoms with Crippen molar-refractivity contribution in [2.75, 3.05) is 0 Å². The van der Waals surface area contributed by atoms with Gasteiger partial charge in [0.1, 0.15) is 0 Å². The Morgan fingerprint density at radius 3 is 1.82 bits per heavy atom. The molecule has 0 aliphatic carbocycles. The summed E-state index contributed by atoms with van der Waals surface area (Å²) < 4.78 is 0. The van der Waals surface area contributed by atoms with Gasteiger partial charge in [-0.05, 0) is 11.1 Å². The van der Waals surface area contributed by atoms with Crippen molar-refractivity contribution in [2.45, 2.75) is 12.5 Å². The molecule has 0 saturated heterocycles. The summed E-state index contributed by atoms with van der Waals surface area (Å²) in [4.78, 5) is 22.9. The third kappa shape index (κ3) is 4.06. The summed E-state index contributed by atoms with van der Waals surface area (Å²) in [6.45, 7) is 3.54. The lowest BCUT2D eigenvalue weighted by Crippen LogP contribution is -2.30. The molecule has 0 radical (unpaired) electrons. The van der Waals surface area contributed by atoms with Gasteiger partial charge in [0.2, 0.25) is 5.91 Å². The third-order valence-corrected chi connectivity index (χ3v) is 3.23. The first-order valence-electron chi connectivity index (χ1n) is 6.88. The van der Waals surface area contributed by atoms with E-state index in [1.165, 1.54) is 0 Å². The Labute approximate surface area is 129 Å². The highest BCUT2D eigenvalue weighted by Gasteiger charge is 2.19. The van der Waals surface area contributed by atoms with Gasteiger partial charge >= 0.3 is 5.97 Å². The lowest BCUT2D eigenvalue weighted by atomic mass is 9.98. The average Bonchev–Trinajstić information content (AvgIpc) is 2.53. The van der Waals surface area contributed by atoms with Gasteiger partial charge < -0.3 is 10.4 Å². The maximum absolute atomic E-state index is 12.2. The molecule has 0 heterocycles. The first-order chi connectivity index (χ1) is 10.6. The molecule has 4 nitrogen and oxygen atoms in total. The molecule has 0 bridgehead atoms. The van der Waals surface area contributed by atoms with E-state index in [0.717, 1.165) is 11.1 Å². The lowest BCUT2D eigenvalue weighted by molar-refractivity contribution is -0.137. The number of carbonyl (C=O) groups excluding carboxylic acids is 1. The highest BCUT2D eigenvalue weighted by atomic mass is 16.4. The van der Waals surface area contributed by atoms with E-state index in [0.29, 0.717) is 0 Å². The molecule has 2 N–H and O–H groups in total. The van der Waals surface area contributed by atoms with Crippen molar-refractivity contribution >= 4 is 11.9 Å². The van der Waals surface area contributed by atoms with Gasteiger partial charge in [0, 0.05) is 5.57 Å². The molecule has 0 fully saturated rings. The molecule has 0 spiro atoms. The number of hydrogen-bond acceptors (Lipinski definition) is 2. The van der Waals surface area contributed by atoms with Gasteiger partial charge in [-0.25, -0.2) is 0 Å². The van der Waals surface area contributed by atoms with Crippen LogP contribution in [0.5, 0.6) is 0 Å². The van der Waals surface area contributed by atoms with Gasteiger partial charge in [-0.3, -0.25) is 9.59 Å². The summed E-state index contributed by atoms with van der Waals surface area (Å²) in [6, 6.07) is 18.7. The van der Waals surface area contributed by atoms with Gasteiger partial charge in [0.25, 0.3) is 0 Å². The highest BCUT2D eigenvalue weighted by molar-refractivity contribution is 5.97. The van der Waals surface area contributed by atoms with Gasteiger partial charge in [-0.2, -0.15) is 0 Å². The molecule has 0 aliphatic rings. The number of carboxylic acid groups (broad SMARTS) is 1. The molecule has 2 aromatic rings. The van der Waals surface area contributed by atoms with E-state index in [4.69, 9.17) is 5.11 Å². The quantitative estimate of drug-likeness (QED) is 0.805. The summed E-state index contributed by atoms with van der Waals surface area (Å²) in [6.07, 6.45) is -0.373. The molecule has 1 amide bonds. The van der Waals surface area contributed by atoms with Crippen molar-refractivity contribution in [1.29, 1.82) is 0 Å². The Balaban J connectivity index is 2.25. The zero-order valence-electron chi connectivity index (χ0n) is 12.0. The number of amides is 1. The number of nitrogens with one attached hydrogen (secondary N) is 1. The molecule has 22 heavy (non-hydrogen) atoms. The Kier molecular flexibility index (Phi) is 5.09. The van der Waals surface area contributed by atoms with E-state index < -0.39 is 11.9 Å². The van der Waals surface area contributed by atoms with E-state index in [9.17, 15) is 9.59 Å². The van der Waals surface area contributed by atoms with Crippen molar-refractivity contribution in [3.8, 4) is 0 Å². The van der Waals surface area contributed by atoms with Crippen molar-refractivity contribution < 1.29 is 14.7 Å². The second-order valence-electron chi connectivity index (χ2n) is 4.90. The minimum absolute atomic E-state index is 0.0318. The zero-order chi connectivity index (χ0) is 15.9. The predicted octanol–water partition coefficient (Wildman–Crippen LogP) is 2.92. The molecule has 0 aromatic heterocycles. The van der Waals surface area contributed by atoms with Crippen molar-refractivity contribution in [2.24, 2.45) is 0 Å². The number of carbonyl (C=O) groups is 2. The largest absolute Gasteiger partial charge is 0.481 e. The van der Waals surface area contributed by atoms with Crippen LogP contribution >= 0.6 is 0 Å². The second kappa shape index (κ2) is 7.22. The van der Waals surface area contributed by atoms with E-state index in [-0.39, 0.29) is 18.0 Å². The molecular formula is C18H17NO3. The fraction of sp³-hybridized carbons (Fsp3) is 0.111. The van der Waals surface area contributed by atoms with Crippen molar-refractivity contribution in [3.63, 3.8) is 0 Å². The van der Waals surface area contributed by atoms with Crippen LogP contribution in [0.2, 0.25) is 0 Å². The first kappa shape index (κ1) is 15.5. The van der Waals surface area contributed by atoms with E-state index in [1.54, 1.807) is 0 Å². The Morgan fingerprint density at radius 1 is 0.955 bits per heavy atom.